The first kappa shape index (κ1) is 29.3. The summed E-state index contributed by atoms with van der Waals surface area (Å²) in [4.78, 5) is 37.0. The zero-order valence-corrected chi connectivity index (χ0v) is 25.2. The Labute approximate surface area is 266 Å². The SMILES string of the molecule is O=C(NCC(Cc1cc(-c2[nH]c3c(c2Nc2ccccc2)C(=O)N(C2CC2)CC3)ccn1)c1ccc(F)cc1)c1ccccc1O. The minimum Gasteiger partial charge on any atom is -0.507 e. The van der Waals surface area contributed by atoms with Crippen LogP contribution in [0.5, 0.6) is 5.75 Å². The minimum absolute atomic E-state index is 0.0514. The topological polar surface area (TPSA) is 110 Å². The molecule has 1 fully saturated rings. The number of anilines is 2. The minimum atomic E-state index is -0.398. The van der Waals surface area contributed by atoms with Gasteiger partial charge in [0.25, 0.3) is 11.8 Å². The number of amides is 2. The second kappa shape index (κ2) is 12.5. The Morgan fingerprint density at radius 1 is 1.02 bits per heavy atom. The number of benzene rings is 3. The normalized spacial score (nSPS) is 14.9. The lowest BCUT2D eigenvalue weighted by Gasteiger charge is -2.27. The Morgan fingerprint density at radius 3 is 2.54 bits per heavy atom. The Bertz CT molecular complexity index is 1890. The van der Waals surface area contributed by atoms with Gasteiger partial charge in [-0.25, -0.2) is 4.39 Å². The van der Waals surface area contributed by atoms with E-state index in [4.69, 9.17) is 0 Å². The van der Waals surface area contributed by atoms with Crippen molar-refractivity contribution in [1.82, 2.24) is 20.2 Å². The summed E-state index contributed by atoms with van der Waals surface area (Å²) in [6.45, 7) is 0.947. The molecule has 3 heterocycles. The highest BCUT2D eigenvalue weighted by Crippen LogP contribution is 2.40. The standard InChI is InChI=1S/C37H34FN5O3/c38-26-12-10-23(11-13-26)25(22-40-36(45)30-8-4-5-9-32(30)44)21-28-20-24(16-18-39-28)34-35(41-27-6-2-1-3-7-27)33-31(42-34)17-19-43(37(33)46)29-14-15-29/h1-13,16,18,20,25,29,41-42,44H,14-15,17,19,21-22H2,(H,40,45). The number of aromatic nitrogens is 2. The molecule has 2 amide bonds. The van der Waals surface area contributed by atoms with Gasteiger partial charge in [-0.3, -0.25) is 14.6 Å². The maximum absolute atomic E-state index is 13.8. The Kier molecular flexibility index (Phi) is 7.97. The number of pyridine rings is 1. The van der Waals surface area contributed by atoms with Gasteiger partial charge in [0.05, 0.1) is 22.5 Å². The molecule has 3 aromatic carbocycles. The number of rotatable bonds is 10. The molecule has 1 aliphatic carbocycles. The maximum Gasteiger partial charge on any atom is 0.258 e. The average Bonchev–Trinajstić information content (AvgIpc) is 3.85. The first-order valence-electron chi connectivity index (χ1n) is 15.6. The van der Waals surface area contributed by atoms with Gasteiger partial charge >= 0.3 is 0 Å². The van der Waals surface area contributed by atoms with E-state index in [2.05, 4.69) is 20.6 Å². The van der Waals surface area contributed by atoms with Crippen LogP contribution in [0, 0.1) is 5.82 Å². The largest absolute Gasteiger partial charge is 0.507 e. The van der Waals surface area contributed by atoms with Crippen LogP contribution in [0.2, 0.25) is 0 Å². The molecular formula is C37H34FN5O3. The van der Waals surface area contributed by atoms with Crippen molar-refractivity contribution in [2.75, 3.05) is 18.4 Å². The van der Waals surface area contributed by atoms with Gasteiger partial charge in [0.15, 0.2) is 0 Å². The lowest BCUT2D eigenvalue weighted by atomic mass is 9.93. The molecule has 0 bridgehead atoms. The van der Waals surface area contributed by atoms with E-state index in [0.29, 0.717) is 24.6 Å². The number of H-pyrrole nitrogens is 1. The van der Waals surface area contributed by atoms with Crippen molar-refractivity contribution in [2.45, 2.75) is 37.6 Å². The van der Waals surface area contributed by atoms with E-state index < -0.39 is 5.91 Å². The summed E-state index contributed by atoms with van der Waals surface area (Å²) >= 11 is 0. The van der Waals surface area contributed by atoms with Crippen LogP contribution in [0.15, 0.2) is 97.2 Å². The van der Waals surface area contributed by atoms with Crippen molar-refractivity contribution < 1.29 is 19.1 Å². The van der Waals surface area contributed by atoms with Crippen LogP contribution in [0.4, 0.5) is 15.8 Å². The van der Waals surface area contributed by atoms with E-state index in [9.17, 15) is 19.1 Å². The first-order valence-corrected chi connectivity index (χ1v) is 15.6. The average molecular weight is 616 g/mol. The highest BCUT2D eigenvalue weighted by atomic mass is 19.1. The number of fused-ring (bicyclic) bond motifs is 1. The summed E-state index contributed by atoms with van der Waals surface area (Å²) in [6, 6.07) is 26.7. The molecule has 1 unspecified atom stereocenters. The predicted octanol–water partition coefficient (Wildman–Crippen LogP) is 6.58. The van der Waals surface area contributed by atoms with Gasteiger partial charge in [-0.2, -0.15) is 0 Å². The number of aromatic amines is 1. The highest BCUT2D eigenvalue weighted by Gasteiger charge is 2.39. The van der Waals surface area contributed by atoms with Crippen LogP contribution in [0.3, 0.4) is 0 Å². The zero-order valence-electron chi connectivity index (χ0n) is 25.2. The molecule has 1 aliphatic heterocycles. The smallest absolute Gasteiger partial charge is 0.258 e. The molecule has 2 aliphatic rings. The zero-order chi connectivity index (χ0) is 31.6. The van der Waals surface area contributed by atoms with Crippen LogP contribution in [0.1, 0.15) is 56.4 Å². The third-order valence-corrected chi connectivity index (χ3v) is 8.75. The number of nitrogens with one attached hydrogen (secondary N) is 3. The number of hydrogen-bond acceptors (Lipinski definition) is 5. The summed E-state index contributed by atoms with van der Waals surface area (Å²) < 4.78 is 13.8. The number of halogens is 1. The molecule has 2 aromatic heterocycles. The summed E-state index contributed by atoms with van der Waals surface area (Å²) in [7, 11) is 0. The van der Waals surface area contributed by atoms with Gasteiger partial charge in [-0.1, -0.05) is 42.5 Å². The predicted molar refractivity (Wildman–Crippen MR) is 175 cm³/mol. The van der Waals surface area contributed by atoms with Crippen molar-refractivity contribution in [3.8, 4) is 17.0 Å². The second-order valence-electron chi connectivity index (χ2n) is 11.9. The lowest BCUT2D eigenvalue weighted by molar-refractivity contribution is 0.0727. The van der Waals surface area contributed by atoms with Crippen molar-refractivity contribution >= 4 is 23.2 Å². The van der Waals surface area contributed by atoms with Crippen LogP contribution >= 0.6 is 0 Å². The number of carbonyl (C=O) groups excluding carboxylic acids is 2. The summed E-state index contributed by atoms with van der Waals surface area (Å²) in [5.74, 6) is -1.02. The second-order valence-corrected chi connectivity index (χ2v) is 11.9. The quantitative estimate of drug-likeness (QED) is 0.142. The van der Waals surface area contributed by atoms with E-state index in [1.54, 1.807) is 36.5 Å². The van der Waals surface area contributed by atoms with Gasteiger partial charge in [0.2, 0.25) is 0 Å². The number of carbonyl (C=O) groups is 2. The number of para-hydroxylation sites is 2. The summed E-state index contributed by atoms with van der Waals surface area (Å²) in [5, 5.41) is 16.6. The van der Waals surface area contributed by atoms with Crippen LogP contribution in [-0.4, -0.2) is 50.9 Å². The highest BCUT2D eigenvalue weighted by molar-refractivity contribution is 6.06. The molecule has 8 nitrogen and oxygen atoms in total. The van der Waals surface area contributed by atoms with E-state index in [1.165, 1.54) is 18.2 Å². The molecule has 9 heteroatoms. The Hall–Kier alpha value is -5.44. The molecule has 5 aromatic rings. The van der Waals surface area contributed by atoms with Gasteiger partial charge in [-0.05, 0) is 73.4 Å². The molecular weight excluding hydrogens is 581 g/mol. The third kappa shape index (κ3) is 6.08. The fourth-order valence-corrected chi connectivity index (χ4v) is 6.21. The molecule has 4 N–H and O–H groups in total. The fourth-order valence-electron chi connectivity index (χ4n) is 6.21. The molecule has 0 radical (unpaired) electrons. The first-order chi connectivity index (χ1) is 22.4. The Balaban J connectivity index is 1.20. The molecule has 46 heavy (non-hydrogen) atoms. The molecule has 0 saturated heterocycles. The van der Waals surface area contributed by atoms with Gasteiger partial charge in [0.1, 0.15) is 11.6 Å². The van der Waals surface area contributed by atoms with E-state index in [1.807, 2.05) is 47.4 Å². The van der Waals surface area contributed by atoms with Crippen LogP contribution in [0.25, 0.3) is 11.3 Å². The van der Waals surface area contributed by atoms with E-state index in [0.717, 1.165) is 58.8 Å². The maximum atomic E-state index is 13.8. The number of aromatic hydroxyl groups is 1. The van der Waals surface area contributed by atoms with Crippen molar-refractivity contribution in [1.29, 1.82) is 0 Å². The number of hydrogen-bond donors (Lipinski definition) is 4. The number of nitrogens with zero attached hydrogens (tertiary/aromatic N) is 2. The molecule has 0 spiro atoms. The fraction of sp³-hybridized carbons (Fsp3) is 0.216. The van der Waals surface area contributed by atoms with Crippen molar-refractivity contribution in [3.05, 3.63) is 131 Å². The molecule has 1 saturated carbocycles. The van der Waals surface area contributed by atoms with E-state index in [-0.39, 0.29) is 35.5 Å². The number of phenolic OH excluding ortho intramolecular Hbond substituents is 1. The lowest BCUT2D eigenvalue weighted by Crippen LogP contribution is -2.39. The van der Waals surface area contributed by atoms with Gasteiger partial charge in [-0.15, -0.1) is 0 Å². The number of phenols is 1. The molecule has 232 valence electrons. The van der Waals surface area contributed by atoms with Crippen molar-refractivity contribution in [2.24, 2.45) is 0 Å². The van der Waals surface area contributed by atoms with Crippen molar-refractivity contribution in [3.63, 3.8) is 0 Å². The third-order valence-electron chi connectivity index (χ3n) is 8.75. The summed E-state index contributed by atoms with van der Waals surface area (Å²) in [6.07, 6.45) is 5.06. The van der Waals surface area contributed by atoms with Crippen LogP contribution < -0.4 is 10.6 Å². The molecule has 1 atom stereocenters. The van der Waals surface area contributed by atoms with Gasteiger partial charge < -0.3 is 25.6 Å². The summed E-state index contributed by atoms with van der Waals surface area (Å²) in [5.41, 5.74) is 6.73. The van der Waals surface area contributed by atoms with Crippen LogP contribution in [-0.2, 0) is 12.8 Å². The Morgan fingerprint density at radius 2 is 1.78 bits per heavy atom. The molecule has 7 rings (SSSR count). The monoisotopic (exact) mass is 615 g/mol. The van der Waals surface area contributed by atoms with E-state index >= 15 is 0 Å². The van der Waals surface area contributed by atoms with Gasteiger partial charge in [0, 0.05) is 60.3 Å².